The monoisotopic (exact) mass is 369 g/mol. The average molecular weight is 369 g/mol. The largest absolute Gasteiger partial charge is 0.340 e. The fraction of sp³-hybridized carbons (Fsp3) is 0.409. The highest BCUT2D eigenvalue weighted by Gasteiger charge is 2.20. The smallest absolute Gasteiger partial charge is 0.236 e. The maximum atomic E-state index is 13.1. The minimum atomic E-state index is -0.203. The number of carbonyl (C=O) groups excluding carboxylic acids is 1. The first kappa shape index (κ1) is 19.5. The minimum absolute atomic E-state index is 0.192. The van der Waals surface area contributed by atoms with Crippen molar-refractivity contribution in [3.63, 3.8) is 0 Å². The van der Waals surface area contributed by atoms with E-state index in [0.717, 1.165) is 51.3 Å². The quantitative estimate of drug-likeness (QED) is 0.783. The minimum Gasteiger partial charge on any atom is -0.340 e. The molecule has 0 bridgehead atoms. The summed E-state index contributed by atoms with van der Waals surface area (Å²) in [5.41, 5.74) is 2.33. The van der Waals surface area contributed by atoms with Crippen LogP contribution in [0.3, 0.4) is 0 Å². The zero-order chi connectivity index (χ0) is 19.1. The van der Waals surface area contributed by atoms with Gasteiger partial charge >= 0.3 is 0 Å². The van der Waals surface area contributed by atoms with Crippen LogP contribution < -0.4 is 0 Å². The van der Waals surface area contributed by atoms with E-state index in [2.05, 4.69) is 21.9 Å². The molecule has 27 heavy (non-hydrogen) atoms. The highest BCUT2D eigenvalue weighted by Crippen LogP contribution is 2.11. The number of amides is 1. The van der Waals surface area contributed by atoms with Crippen LogP contribution in [0.5, 0.6) is 0 Å². The molecule has 1 aliphatic rings. The molecular weight excluding hydrogens is 341 g/mol. The summed E-state index contributed by atoms with van der Waals surface area (Å²) in [5, 5.41) is 0. The lowest BCUT2D eigenvalue weighted by molar-refractivity contribution is -0.132. The van der Waals surface area contributed by atoms with Crippen LogP contribution in [0.2, 0.25) is 0 Å². The molecule has 1 heterocycles. The van der Waals surface area contributed by atoms with Crippen molar-refractivity contribution in [2.24, 2.45) is 0 Å². The highest BCUT2D eigenvalue weighted by atomic mass is 19.1. The Hall–Kier alpha value is -2.24. The van der Waals surface area contributed by atoms with Gasteiger partial charge in [-0.2, -0.15) is 0 Å². The first-order valence-electron chi connectivity index (χ1n) is 9.57. The number of hydrogen-bond donors (Lipinski definition) is 0. The van der Waals surface area contributed by atoms with Gasteiger partial charge in [-0.15, -0.1) is 0 Å². The van der Waals surface area contributed by atoms with Gasteiger partial charge in [-0.05, 0) is 36.7 Å². The van der Waals surface area contributed by atoms with E-state index < -0.39 is 0 Å². The molecule has 2 aromatic carbocycles. The van der Waals surface area contributed by atoms with Gasteiger partial charge < -0.3 is 4.90 Å². The van der Waals surface area contributed by atoms with Crippen LogP contribution in [-0.2, 0) is 17.9 Å². The molecule has 1 fully saturated rings. The molecule has 1 saturated heterocycles. The molecule has 0 N–H and O–H groups in total. The Balaban J connectivity index is 1.46. The zero-order valence-corrected chi connectivity index (χ0v) is 16.0. The lowest BCUT2D eigenvalue weighted by Crippen LogP contribution is -2.40. The normalized spacial score (nSPS) is 15.7. The molecule has 0 atom stereocenters. The number of benzene rings is 2. The van der Waals surface area contributed by atoms with Gasteiger partial charge in [0.1, 0.15) is 5.82 Å². The summed E-state index contributed by atoms with van der Waals surface area (Å²) < 4.78 is 13.1. The molecule has 3 rings (SSSR count). The Bertz CT molecular complexity index is 720. The van der Waals surface area contributed by atoms with Crippen molar-refractivity contribution in [3.05, 3.63) is 71.5 Å². The lowest BCUT2D eigenvalue weighted by atomic mass is 10.2. The summed E-state index contributed by atoms with van der Waals surface area (Å²) in [6.07, 6.45) is 0.968. The van der Waals surface area contributed by atoms with Crippen molar-refractivity contribution in [2.45, 2.75) is 19.5 Å². The Morgan fingerprint density at radius 3 is 2.44 bits per heavy atom. The summed E-state index contributed by atoms with van der Waals surface area (Å²) in [4.78, 5) is 19.1. The summed E-state index contributed by atoms with van der Waals surface area (Å²) in [7, 11) is 1.99. The van der Waals surface area contributed by atoms with Gasteiger partial charge in [-0.1, -0.05) is 42.5 Å². The second-order valence-electron chi connectivity index (χ2n) is 7.29. The molecular formula is C22H28FN3O. The topological polar surface area (TPSA) is 26.8 Å². The first-order chi connectivity index (χ1) is 13.1. The Labute approximate surface area is 161 Å². The SMILES string of the molecule is CN(CC(=O)N1CCCN(Cc2ccc(F)cc2)CC1)Cc1ccccc1. The van der Waals surface area contributed by atoms with E-state index in [9.17, 15) is 9.18 Å². The molecule has 1 aliphatic heterocycles. The number of likely N-dealkylation sites (N-methyl/N-ethyl adjacent to an activating group) is 1. The lowest BCUT2D eigenvalue weighted by Gasteiger charge is -2.24. The molecule has 0 radical (unpaired) electrons. The van der Waals surface area contributed by atoms with E-state index >= 15 is 0 Å². The van der Waals surface area contributed by atoms with Crippen LogP contribution in [0.4, 0.5) is 4.39 Å². The van der Waals surface area contributed by atoms with Crippen LogP contribution in [0.1, 0.15) is 17.5 Å². The number of carbonyl (C=O) groups is 1. The predicted octanol–water partition coefficient (Wildman–Crippen LogP) is 2.99. The fourth-order valence-electron chi connectivity index (χ4n) is 3.51. The molecule has 0 spiro atoms. The van der Waals surface area contributed by atoms with Crippen LogP contribution in [0, 0.1) is 5.82 Å². The van der Waals surface area contributed by atoms with Gasteiger partial charge in [-0.3, -0.25) is 14.6 Å². The third kappa shape index (κ3) is 6.15. The first-order valence-corrected chi connectivity index (χ1v) is 9.57. The second kappa shape index (κ2) is 9.62. The van der Waals surface area contributed by atoms with E-state index in [-0.39, 0.29) is 11.7 Å². The van der Waals surface area contributed by atoms with Crippen LogP contribution in [0.15, 0.2) is 54.6 Å². The van der Waals surface area contributed by atoms with E-state index in [1.165, 1.54) is 17.7 Å². The average Bonchev–Trinajstić information content (AvgIpc) is 2.90. The Morgan fingerprint density at radius 1 is 0.963 bits per heavy atom. The Morgan fingerprint density at radius 2 is 1.70 bits per heavy atom. The molecule has 1 amide bonds. The van der Waals surface area contributed by atoms with Gasteiger partial charge in [0, 0.05) is 39.3 Å². The number of hydrogen-bond acceptors (Lipinski definition) is 3. The van der Waals surface area contributed by atoms with Crippen LogP contribution >= 0.6 is 0 Å². The highest BCUT2D eigenvalue weighted by molar-refractivity contribution is 5.78. The van der Waals surface area contributed by atoms with E-state index in [0.29, 0.717) is 6.54 Å². The van der Waals surface area contributed by atoms with E-state index in [1.54, 1.807) is 0 Å². The molecule has 4 nitrogen and oxygen atoms in total. The molecule has 0 unspecified atom stereocenters. The number of rotatable bonds is 6. The summed E-state index contributed by atoms with van der Waals surface area (Å²) in [5.74, 6) is -0.0110. The summed E-state index contributed by atoms with van der Waals surface area (Å²) >= 11 is 0. The summed E-state index contributed by atoms with van der Waals surface area (Å²) in [6.45, 7) is 5.38. The van der Waals surface area contributed by atoms with Crippen molar-refractivity contribution >= 4 is 5.91 Å². The van der Waals surface area contributed by atoms with Crippen molar-refractivity contribution in [1.82, 2.24) is 14.7 Å². The molecule has 0 aromatic heterocycles. The van der Waals surface area contributed by atoms with Crippen molar-refractivity contribution in [3.8, 4) is 0 Å². The molecule has 2 aromatic rings. The summed E-state index contributed by atoms with van der Waals surface area (Å²) in [6, 6.07) is 16.9. The third-order valence-electron chi connectivity index (χ3n) is 4.96. The van der Waals surface area contributed by atoms with Gasteiger partial charge in [0.2, 0.25) is 5.91 Å². The van der Waals surface area contributed by atoms with Crippen molar-refractivity contribution in [1.29, 1.82) is 0 Å². The van der Waals surface area contributed by atoms with Gasteiger partial charge in [0.25, 0.3) is 0 Å². The van der Waals surface area contributed by atoms with Gasteiger partial charge in [0.05, 0.1) is 6.54 Å². The van der Waals surface area contributed by atoms with Crippen molar-refractivity contribution in [2.75, 3.05) is 39.8 Å². The number of nitrogens with zero attached hydrogens (tertiary/aromatic N) is 3. The third-order valence-corrected chi connectivity index (χ3v) is 4.96. The molecule has 0 saturated carbocycles. The van der Waals surface area contributed by atoms with Crippen LogP contribution in [-0.4, -0.2) is 60.4 Å². The Kier molecular flexibility index (Phi) is 6.96. The predicted molar refractivity (Wildman–Crippen MR) is 106 cm³/mol. The van der Waals surface area contributed by atoms with Gasteiger partial charge in [-0.25, -0.2) is 4.39 Å². The van der Waals surface area contributed by atoms with Crippen molar-refractivity contribution < 1.29 is 9.18 Å². The molecule has 5 heteroatoms. The van der Waals surface area contributed by atoms with Crippen LogP contribution in [0.25, 0.3) is 0 Å². The fourth-order valence-corrected chi connectivity index (χ4v) is 3.51. The zero-order valence-electron chi connectivity index (χ0n) is 16.0. The maximum Gasteiger partial charge on any atom is 0.236 e. The number of halogens is 1. The van der Waals surface area contributed by atoms with E-state index in [1.807, 2.05) is 42.3 Å². The van der Waals surface area contributed by atoms with Gasteiger partial charge in [0.15, 0.2) is 0 Å². The molecule has 144 valence electrons. The second-order valence-corrected chi connectivity index (χ2v) is 7.29. The standard InChI is InChI=1S/C22H28FN3O/c1-24(16-19-6-3-2-4-7-19)18-22(27)26-13-5-12-25(14-15-26)17-20-8-10-21(23)11-9-20/h2-4,6-11H,5,12-18H2,1H3. The van der Waals surface area contributed by atoms with E-state index in [4.69, 9.17) is 0 Å². The maximum absolute atomic E-state index is 13.1. The molecule has 0 aliphatic carbocycles.